The number of carbonyl (C=O) groups excluding carboxylic acids is 1. The lowest BCUT2D eigenvalue weighted by Gasteiger charge is -2.31. The van der Waals surface area contributed by atoms with E-state index in [0.29, 0.717) is 31.7 Å². The van der Waals surface area contributed by atoms with Crippen molar-refractivity contribution in [2.75, 3.05) is 19.8 Å². The molecule has 1 aliphatic heterocycles. The van der Waals surface area contributed by atoms with Crippen LogP contribution in [0.4, 0.5) is 0 Å². The molecule has 2 N–H and O–H groups in total. The summed E-state index contributed by atoms with van der Waals surface area (Å²) in [5.74, 6) is -0.263. The Labute approximate surface area is 123 Å². The summed E-state index contributed by atoms with van der Waals surface area (Å²) in [5.41, 5.74) is 0.282. The van der Waals surface area contributed by atoms with Crippen molar-refractivity contribution >= 4 is 16.8 Å². The van der Waals surface area contributed by atoms with Crippen LogP contribution in [0.2, 0.25) is 0 Å². The number of fused-ring (bicyclic) bond motifs is 1. The minimum atomic E-state index is -0.870. The number of aromatic nitrogens is 1. The number of pyridine rings is 1. The topological polar surface area (TPSA) is 71.5 Å². The first kappa shape index (κ1) is 14.0. The molecule has 1 aromatic carbocycles. The molecule has 0 saturated carbocycles. The van der Waals surface area contributed by atoms with Crippen LogP contribution in [0.5, 0.6) is 0 Å². The van der Waals surface area contributed by atoms with Crippen molar-refractivity contribution in [3.8, 4) is 0 Å². The lowest BCUT2D eigenvalue weighted by molar-refractivity contribution is -0.0605. The van der Waals surface area contributed by atoms with Gasteiger partial charge in [-0.05, 0) is 12.1 Å². The molecule has 1 aromatic heterocycles. The fourth-order valence-electron chi connectivity index (χ4n) is 2.46. The molecule has 5 nitrogen and oxygen atoms in total. The van der Waals surface area contributed by atoms with Crippen LogP contribution in [-0.2, 0) is 4.74 Å². The molecular formula is C16H18N2O3. The molecule has 2 aromatic rings. The molecule has 0 radical (unpaired) electrons. The number of benzene rings is 1. The van der Waals surface area contributed by atoms with Gasteiger partial charge in [-0.2, -0.15) is 0 Å². The van der Waals surface area contributed by atoms with Gasteiger partial charge in [0, 0.05) is 38.0 Å². The third-order valence-corrected chi connectivity index (χ3v) is 3.83. The SMILES string of the molecule is O=C(NCC1(O)CCOCC1)c1ccc2ccccc2n1. The Morgan fingerprint density at radius 2 is 2.00 bits per heavy atom. The summed E-state index contributed by atoms with van der Waals surface area (Å²) in [7, 11) is 0. The number of rotatable bonds is 3. The first-order valence-corrected chi connectivity index (χ1v) is 7.10. The first-order chi connectivity index (χ1) is 10.2. The summed E-state index contributed by atoms with van der Waals surface area (Å²) >= 11 is 0. The van der Waals surface area contributed by atoms with E-state index in [1.807, 2.05) is 30.3 Å². The maximum absolute atomic E-state index is 12.2. The Bertz CT molecular complexity index is 651. The van der Waals surface area contributed by atoms with Crippen molar-refractivity contribution in [1.29, 1.82) is 0 Å². The van der Waals surface area contributed by atoms with Crippen LogP contribution in [0.15, 0.2) is 36.4 Å². The molecule has 3 rings (SSSR count). The number of amides is 1. The second-order valence-electron chi connectivity index (χ2n) is 5.41. The lowest BCUT2D eigenvalue weighted by Crippen LogP contribution is -2.46. The zero-order chi connectivity index (χ0) is 14.7. The number of carbonyl (C=O) groups is 1. The number of nitrogens with zero attached hydrogens (tertiary/aromatic N) is 1. The van der Waals surface area contributed by atoms with Gasteiger partial charge < -0.3 is 15.2 Å². The highest BCUT2D eigenvalue weighted by Gasteiger charge is 2.30. The standard InChI is InChI=1S/C16H18N2O3/c19-15(17-11-16(20)7-9-21-10-8-16)14-6-5-12-3-1-2-4-13(12)18-14/h1-6,20H,7-11H2,(H,17,19). The van der Waals surface area contributed by atoms with E-state index in [4.69, 9.17) is 4.74 Å². The van der Waals surface area contributed by atoms with E-state index in [1.165, 1.54) is 0 Å². The zero-order valence-corrected chi connectivity index (χ0v) is 11.7. The van der Waals surface area contributed by atoms with Crippen molar-refractivity contribution in [3.05, 3.63) is 42.1 Å². The molecule has 0 unspecified atom stereocenters. The Balaban J connectivity index is 1.69. The van der Waals surface area contributed by atoms with Crippen LogP contribution in [0.1, 0.15) is 23.3 Å². The van der Waals surface area contributed by atoms with Gasteiger partial charge in [0.1, 0.15) is 5.69 Å². The van der Waals surface area contributed by atoms with Crippen LogP contribution in [0.25, 0.3) is 10.9 Å². The molecule has 0 spiro atoms. The third kappa shape index (κ3) is 3.20. The van der Waals surface area contributed by atoms with Gasteiger partial charge in [0.25, 0.3) is 5.91 Å². The normalized spacial score (nSPS) is 17.6. The van der Waals surface area contributed by atoms with Crippen molar-refractivity contribution in [2.45, 2.75) is 18.4 Å². The number of para-hydroxylation sites is 1. The van der Waals surface area contributed by atoms with E-state index in [-0.39, 0.29) is 12.5 Å². The number of nitrogens with one attached hydrogen (secondary N) is 1. The van der Waals surface area contributed by atoms with Gasteiger partial charge in [0.2, 0.25) is 0 Å². The fourth-order valence-corrected chi connectivity index (χ4v) is 2.46. The first-order valence-electron chi connectivity index (χ1n) is 7.10. The summed E-state index contributed by atoms with van der Waals surface area (Å²) in [6.07, 6.45) is 1.08. The van der Waals surface area contributed by atoms with Crippen molar-refractivity contribution in [1.82, 2.24) is 10.3 Å². The molecular weight excluding hydrogens is 268 g/mol. The molecule has 21 heavy (non-hydrogen) atoms. The molecule has 110 valence electrons. The largest absolute Gasteiger partial charge is 0.388 e. The van der Waals surface area contributed by atoms with E-state index in [2.05, 4.69) is 10.3 Å². The van der Waals surface area contributed by atoms with Gasteiger partial charge in [-0.3, -0.25) is 4.79 Å². The average Bonchev–Trinajstić information content (AvgIpc) is 2.53. The van der Waals surface area contributed by atoms with E-state index in [1.54, 1.807) is 6.07 Å². The quantitative estimate of drug-likeness (QED) is 0.897. The summed E-state index contributed by atoms with van der Waals surface area (Å²) in [6, 6.07) is 11.2. The highest BCUT2D eigenvalue weighted by Crippen LogP contribution is 2.19. The minimum Gasteiger partial charge on any atom is -0.388 e. The Morgan fingerprint density at radius 3 is 2.81 bits per heavy atom. The predicted molar refractivity (Wildman–Crippen MR) is 79.1 cm³/mol. The Morgan fingerprint density at radius 1 is 1.24 bits per heavy atom. The van der Waals surface area contributed by atoms with Gasteiger partial charge in [0.15, 0.2) is 0 Å². The van der Waals surface area contributed by atoms with Crippen molar-refractivity contribution in [2.24, 2.45) is 0 Å². The van der Waals surface area contributed by atoms with E-state index in [0.717, 1.165) is 10.9 Å². The number of hydrogen-bond donors (Lipinski definition) is 2. The van der Waals surface area contributed by atoms with Crippen LogP contribution in [-0.4, -0.2) is 41.4 Å². The Kier molecular flexibility index (Phi) is 3.86. The zero-order valence-electron chi connectivity index (χ0n) is 11.7. The fraction of sp³-hybridized carbons (Fsp3) is 0.375. The number of ether oxygens (including phenoxy) is 1. The van der Waals surface area contributed by atoms with Crippen LogP contribution >= 0.6 is 0 Å². The molecule has 1 fully saturated rings. The molecule has 0 aliphatic carbocycles. The summed E-state index contributed by atoms with van der Waals surface area (Å²) < 4.78 is 5.22. The highest BCUT2D eigenvalue weighted by molar-refractivity contribution is 5.94. The summed E-state index contributed by atoms with van der Waals surface area (Å²) in [4.78, 5) is 16.5. The second-order valence-corrected chi connectivity index (χ2v) is 5.41. The number of hydrogen-bond acceptors (Lipinski definition) is 4. The van der Waals surface area contributed by atoms with Crippen molar-refractivity contribution in [3.63, 3.8) is 0 Å². The molecule has 0 bridgehead atoms. The van der Waals surface area contributed by atoms with Crippen LogP contribution in [0, 0.1) is 0 Å². The maximum Gasteiger partial charge on any atom is 0.270 e. The van der Waals surface area contributed by atoms with Crippen LogP contribution < -0.4 is 5.32 Å². The molecule has 2 heterocycles. The third-order valence-electron chi connectivity index (χ3n) is 3.83. The van der Waals surface area contributed by atoms with E-state index >= 15 is 0 Å². The molecule has 1 amide bonds. The molecule has 1 saturated heterocycles. The van der Waals surface area contributed by atoms with Gasteiger partial charge >= 0.3 is 0 Å². The monoisotopic (exact) mass is 286 g/mol. The average molecular weight is 286 g/mol. The maximum atomic E-state index is 12.2. The Hall–Kier alpha value is -1.98. The van der Waals surface area contributed by atoms with Gasteiger partial charge in [0.05, 0.1) is 11.1 Å². The van der Waals surface area contributed by atoms with Gasteiger partial charge in [-0.25, -0.2) is 4.98 Å². The predicted octanol–water partition coefficient (Wildman–Crippen LogP) is 1.51. The molecule has 1 aliphatic rings. The number of aliphatic hydroxyl groups is 1. The molecule has 0 atom stereocenters. The highest BCUT2D eigenvalue weighted by atomic mass is 16.5. The molecule has 5 heteroatoms. The smallest absolute Gasteiger partial charge is 0.270 e. The minimum absolute atomic E-state index is 0.226. The second kappa shape index (κ2) is 5.79. The summed E-state index contributed by atoms with van der Waals surface area (Å²) in [6.45, 7) is 1.28. The van der Waals surface area contributed by atoms with Gasteiger partial charge in [-0.15, -0.1) is 0 Å². The summed E-state index contributed by atoms with van der Waals surface area (Å²) in [5, 5.41) is 14.1. The van der Waals surface area contributed by atoms with E-state index in [9.17, 15) is 9.90 Å². The van der Waals surface area contributed by atoms with E-state index < -0.39 is 5.60 Å². The van der Waals surface area contributed by atoms with Crippen LogP contribution in [0.3, 0.4) is 0 Å². The van der Waals surface area contributed by atoms with Gasteiger partial charge in [-0.1, -0.05) is 24.3 Å². The lowest BCUT2D eigenvalue weighted by atomic mass is 9.94. The van der Waals surface area contributed by atoms with Crippen molar-refractivity contribution < 1.29 is 14.6 Å².